The Balaban J connectivity index is 2.23. The minimum absolute atomic E-state index is 0.604. The van der Waals surface area contributed by atoms with Crippen LogP contribution in [0.1, 0.15) is 38.5 Å². The number of hydrogen-bond donors (Lipinski definition) is 0. The van der Waals surface area contributed by atoms with Crippen molar-refractivity contribution in [1.82, 2.24) is 9.34 Å². The normalized spacial score (nSPS) is 23.9. The highest BCUT2D eigenvalue weighted by atomic mass is 32.3. The van der Waals surface area contributed by atoms with E-state index in [0.29, 0.717) is 26.2 Å². The van der Waals surface area contributed by atoms with Gasteiger partial charge in [0.2, 0.25) is 0 Å². The summed E-state index contributed by atoms with van der Waals surface area (Å²) in [5.74, 6) is 0. The Hall–Kier alpha value is 0.0200. The van der Waals surface area contributed by atoms with Gasteiger partial charge in [-0.1, -0.05) is 12.8 Å². The van der Waals surface area contributed by atoms with Crippen molar-refractivity contribution < 1.29 is 21.1 Å². The van der Waals surface area contributed by atoms with Crippen molar-refractivity contribution in [3.63, 3.8) is 0 Å². The van der Waals surface area contributed by atoms with E-state index >= 15 is 0 Å². The van der Waals surface area contributed by atoms with Crippen LogP contribution in [-0.2, 0) is 23.1 Å². The van der Waals surface area contributed by atoms with E-state index in [4.69, 9.17) is 3.97 Å². The van der Waals surface area contributed by atoms with E-state index in [1.165, 1.54) is 0 Å². The fraction of sp³-hybridized carbons (Fsp3) is 1.00. The molecule has 0 aromatic rings. The van der Waals surface area contributed by atoms with Gasteiger partial charge in [0.25, 0.3) is 0 Å². The van der Waals surface area contributed by atoms with E-state index in [0.717, 1.165) is 45.6 Å². The molecule has 2 aliphatic heterocycles. The first-order valence-electron chi connectivity index (χ1n) is 7.10. The molecule has 20 heavy (non-hydrogen) atoms. The summed E-state index contributed by atoms with van der Waals surface area (Å²) in [5.41, 5.74) is 0. The highest BCUT2D eigenvalue weighted by Crippen LogP contribution is 2.57. The zero-order valence-electron chi connectivity index (χ0n) is 11.9. The molecule has 2 rings (SSSR count). The highest BCUT2D eigenvalue weighted by Gasteiger charge is 2.43. The summed E-state index contributed by atoms with van der Waals surface area (Å²) >= 11 is 0. The molecule has 0 unspecified atom stereocenters. The second-order valence-electron chi connectivity index (χ2n) is 5.17. The van der Waals surface area contributed by atoms with Crippen LogP contribution in [0.5, 0.6) is 0 Å². The van der Waals surface area contributed by atoms with Crippen molar-refractivity contribution in [1.29, 1.82) is 0 Å². The average molecular weight is 326 g/mol. The molecule has 2 heterocycles. The second-order valence-corrected chi connectivity index (χ2v) is 9.03. The fourth-order valence-electron chi connectivity index (χ4n) is 2.68. The lowest BCUT2D eigenvalue weighted by Crippen LogP contribution is -2.39. The summed E-state index contributed by atoms with van der Waals surface area (Å²) in [6.07, 6.45) is 5.80. The Morgan fingerprint density at radius 1 is 0.850 bits per heavy atom. The maximum absolute atomic E-state index is 13.3. The van der Waals surface area contributed by atoms with E-state index < -0.39 is 18.1 Å². The molecule has 0 saturated carbocycles. The predicted molar refractivity (Wildman–Crippen MR) is 75.5 cm³/mol. The van der Waals surface area contributed by atoms with E-state index in [2.05, 4.69) is 4.18 Å². The second kappa shape index (κ2) is 6.85. The van der Waals surface area contributed by atoms with Gasteiger partial charge in [-0.3, -0.25) is 8.75 Å². The lowest BCUT2D eigenvalue weighted by atomic mass is 10.2. The van der Waals surface area contributed by atoms with Gasteiger partial charge in [-0.15, -0.1) is 0 Å². The fourth-order valence-corrected chi connectivity index (χ4v) is 6.57. The molecule has 118 valence electrons. The topological polar surface area (TPSA) is 76.2 Å². The molecule has 0 radical (unpaired) electrons. The Bertz CT molecular complexity index is 435. The Morgan fingerprint density at radius 3 is 1.60 bits per heavy atom. The molecule has 9 heteroatoms. The van der Waals surface area contributed by atoms with Crippen LogP contribution < -0.4 is 0 Å². The van der Waals surface area contributed by atoms with Gasteiger partial charge in [0.05, 0.1) is 7.11 Å². The Labute approximate surface area is 121 Å². The monoisotopic (exact) mass is 326 g/mol. The van der Waals surface area contributed by atoms with Gasteiger partial charge >= 0.3 is 18.1 Å². The summed E-state index contributed by atoms with van der Waals surface area (Å²) in [5, 5.41) is 0. The van der Waals surface area contributed by atoms with E-state index in [1.807, 2.05) is 0 Å². The number of rotatable bonds is 5. The van der Waals surface area contributed by atoms with Crippen molar-refractivity contribution in [2.24, 2.45) is 0 Å². The lowest BCUT2D eigenvalue weighted by molar-refractivity contribution is 0.222. The molecule has 2 saturated heterocycles. The smallest absolute Gasteiger partial charge is 0.254 e. The van der Waals surface area contributed by atoms with Crippen molar-refractivity contribution >= 4 is 18.1 Å². The molecule has 2 fully saturated rings. The standard InChI is InChI=1S/C11H23N2O5PS/c1-17-20(15,16)18-19(14,12-8-4-2-5-9-12)13-10-6-3-7-11-13/h2-11H2,1H3. The summed E-state index contributed by atoms with van der Waals surface area (Å²) < 4.78 is 49.3. The van der Waals surface area contributed by atoms with Gasteiger partial charge in [0.15, 0.2) is 0 Å². The third-order valence-electron chi connectivity index (χ3n) is 3.77. The van der Waals surface area contributed by atoms with Crippen LogP contribution in [0.15, 0.2) is 0 Å². The molecular weight excluding hydrogens is 303 g/mol. The average Bonchev–Trinajstić information content (AvgIpc) is 2.48. The van der Waals surface area contributed by atoms with Gasteiger partial charge in [-0.2, -0.15) is 12.4 Å². The largest absolute Gasteiger partial charge is 0.407 e. The number of piperidine rings is 2. The third kappa shape index (κ3) is 3.81. The quantitative estimate of drug-likeness (QED) is 0.715. The first-order chi connectivity index (χ1) is 9.48. The van der Waals surface area contributed by atoms with E-state index in [1.54, 1.807) is 9.34 Å². The molecule has 7 nitrogen and oxygen atoms in total. The molecule has 0 aliphatic carbocycles. The van der Waals surface area contributed by atoms with Crippen LogP contribution in [0.3, 0.4) is 0 Å². The zero-order valence-corrected chi connectivity index (χ0v) is 13.6. The van der Waals surface area contributed by atoms with Gasteiger partial charge in [0, 0.05) is 26.2 Å². The maximum Gasteiger partial charge on any atom is 0.407 e. The summed E-state index contributed by atoms with van der Waals surface area (Å²) in [6, 6.07) is 0. The van der Waals surface area contributed by atoms with Crippen molar-refractivity contribution in [3.8, 4) is 0 Å². The van der Waals surface area contributed by atoms with Crippen molar-refractivity contribution in [2.75, 3.05) is 33.3 Å². The van der Waals surface area contributed by atoms with Crippen LogP contribution in [0, 0.1) is 0 Å². The predicted octanol–water partition coefficient (Wildman–Crippen LogP) is 1.97. The van der Waals surface area contributed by atoms with Crippen LogP contribution >= 0.6 is 7.67 Å². The summed E-state index contributed by atoms with van der Waals surface area (Å²) in [6.45, 7) is 2.42. The SMILES string of the molecule is COS(=O)(=O)OP(=O)(N1CCCCC1)N1CCCCC1. The first kappa shape index (κ1) is 16.4. The van der Waals surface area contributed by atoms with Crippen molar-refractivity contribution in [3.05, 3.63) is 0 Å². The number of nitrogens with zero attached hydrogens (tertiary/aromatic N) is 2. The minimum Gasteiger partial charge on any atom is -0.254 e. The molecule has 0 spiro atoms. The van der Waals surface area contributed by atoms with Crippen LogP contribution in [0.2, 0.25) is 0 Å². The number of hydrogen-bond acceptors (Lipinski definition) is 5. The zero-order chi connectivity index (χ0) is 14.6. The molecule has 0 aromatic carbocycles. The Morgan fingerprint density at radius 2 is 1.25 bits per heavy atom. The van der Waals surface area contributed by atoms with Gasteiger partial charge in [-0.25, -0.2) is 9.34 Å². The van der Waals surface area contributed by atoms with E-state index in [-0.39, 0.29) is 0 Å². The first-order valence-corrected chi connectivity index (χ1v) is 9.97. The Kier molecular flexibility index (Phi) is 5.62. The van der Waals surface area contributed by atoms with Crippen LogP contribution in [0.25, 0.3) is 0 Å². The van der Waals surface area contributed by atoms with Crippen LogP contribution in [0.4, 0.5) is 0 Å². The molecule has 0 aromatic heterocycles. The van der Waals surface area contributed by atoms with Crippen LogP contribution in [-0.4, -0.2) is 51.0 Å². The molecule has 0 N–H and O–H groups in total. The molecule has 2 aliphatic rings. The van der Waals surface area contributed by atoms with Gasteiger partial charge < -0.3 is 0 Å². The summed E-state index contributed by atoms with van der Waals surface area (Å²) in [7, 11) is -6.76. The molecule has 0 bridgehead atoms. The summed E-state index contributed by atoms with van der Waals surface area (Å²) in [4.78, 5) is 0. The highest BCUT2D eigenvalue weighted by molar-refractivity contribution is 7.87. The van der Waals surface area contributed by atoms with Gasteiger partial charge in [0.1, 0.15) is 0 Å². The minimum atomic E-state index is -4.22. The molecule has 0 atom stereocenters. The van der Waals surface area contributed by atoms with Gasteiger partial charge in [-0.05, 0) is 25.7 Å². The third-order valence-corrected chi connectivity index (χ3v) is 7.92. The lowest BCUT2D eigenvalue weighted by Gasteiger charge is -2.40. The maximum atomic E-state index is 13.3. The molecule has 0 amide bonds. The van der Waals surface area contributed by atoms with Crippen molar-refractivity contribution in [2.45, 2.75) is 38.5 Å². The van der Waals surface area contributed by atoms with E-state index in [9.17, 15) is 13.0 Å². The molecular formula is C11H23N2O5PS.